The molecule has 0 saturated carbocycles. The Balaban J connectivity index is 4.15. The van der Waals surface area contributed by atoms with Gasteiger partial charge in [0.05, 0.1) is 0 Å². The molecule has 0 aromatic rings. The summed E-state index contributed by atoms with van der Waals surface area (Å²) in [4.78, 5) is 21.5. The van der Waals surface area contributed by atoms with Gasteiger partial charge in [-0.2, -0.15) is 0 Å². The summed E-state index contributed by atoms with van der Waals surface area (Å²) in [6.45, 7) is 7.05. The van der Waals surface area contributed by atoms with Gasteiger partial charge in [0, 0.05) is 13.5 Å². The first-order valence-electron chi connectivity index (χ1n) is 4.34. The standard InChI is InChI=1S/C11H15NO2/c1-4-6-7-10(5-2)8-12-11(14)9(3)13/h4-7H,2,8H2,1,3H3,(H,12,14)/b6-4-,10-7+. The SMILES string of the molecule is C=C/C(=C\C=C/C)CNC(=O)C(C)=O. The third-order valence-corrected chi connectivity index (χ3v) is 1.54. The average molecular weight is 193 g/mol. The van der Waals surface area contributed by atoms with Crippen LogP contribution in [-0.2, 0) is 9.59 Å². The highest BCUT2D eigenvalue weighted by molar-refractivity contribution is 6.35. The van der Waals surface area contributed by atoms with E-state index in [9.17, 15) is 9.59 Å². The predicted octanol–water partition coefficient (Wildman–Crippen LogP) is 1.38. The highest BCUT2D eigenvalue weighted by Gasteiger charge is 2.05. The van der Waals surface area contributed by atoms with Gasteiger partial charge in [0.2, 0.25) is 5.78 Å². The maximum Gasteiger partial charge on any atom is 0.287 e. The van der Waals surface area contributed by atoms with Gasteiger partial charge in [-0.25, -0.2) is 0 Å². The number of amides is 1. The van der Waals surface area contributed by atoms with E-state index in [2.05, 4.69) is 11.9 Å². The number of ketones is 1. The highest BCUT2D eigenvalue weighted by atomic mass is 16.2. The van der Waals surface area contributed by atoms with Crippen LogP contribution in [0.25, 0.3) is 0 Å². The summed E-state index contributed by atoms with van der Waals surface area (Å²) in [5.74, 6) is -1.06. The zero-order valence-corrected chi connectivity index (χ0v) is 8.54. The lowest BCUT2D eigenvalue weighted by atomic mass is 10.2. The molecule has 0 aliphatic heterocycles. The Morgan fingerprint density at radius 1 is 1.43 bits per heavy atom. The van der Waals surface area contributed by atoms with Crippen molar-refractivity contribution < 1.29 is 9.59 Å². The van der Waals surface area contributed by atoms with Crippen LogP contribution in [0.5, 0.6) is 0 Å². The Labute approximate surface area is 84.2 Å². The molecule has 0 spiro atoms. The first kappa shape index (κ1) is 12.4. The number of carbonyl (C=O) groups is 2. The predicted molar refractivity (Wildman–Crippen MR) is 56.8 cm³/mol. The molecule has 3 heteroatoms. The van der Waals surface area contributed by atoms with Crippen LogP contribution in [0.4, 0.5) is 0 Å². The van der Waals surface area contributed by atoms with Crippen LogP contribution in [0.1, 0.15) is 13.8 Å². The normalized spacial score (nSPS) is 11.4. The lowest BCUT2D eigenvalue weighted by Crippen LogP contribution is -2.30. The summed E-state index contributed by atoms with van der Waals surface area (Å²) >= 11 is 0. The number of nitrogens with one attached hydrogen (secondary N) is 1. The molecular formula is C11H15NO2. The van der Waals surface area contributed by atoms with Gasteiger partial charge in [-0.3, -0.25) is 9.59 Å². The molecule has 1 N–H and O–H groups in total. The molecule has 76 valence electrons. The van der Waals surface area contributed by atoms with E-state index in [0.717, 1.165) is 5.57 Å². The fourth-order valence-electron chi connectivity index (χ4n) is 0.726. The molecule has 0 bridgehead atoms. The first-order chi connectivity index (χ1) is 6.61. The van der Waals surface area contributed by atoms with E-state index >= 15 is 0 Å². The van der Waals surface area contributed by atoms with Crippen molar-refractivity contribution in [3.05, 3.63) is 36.5 Å². The van der Waals surface area contributed by atoms with Crippen LogP contribution in [0.15, 0.2) is 36.5 Å². The average Bonchev–Trinajstić information content (AvgIpc) is 2.17. The Kier molecular flexibility index (Phi) is 6.03. The molecule has 0 rings (SSSR count). The first-order valence-corrected chi connectivity index (χ1v) is 4.34. The Hall–Kier alpha value is -1.64. The smallest absolute Gasteiger partial charge is 0.287 e. The van der Waals surface area contributed by atoms with Gasteiger partial charge < -0.3 is 5.32 Å². The second-order valence-corrected chi connectivity index (χ2v) is 2.71. The second-order valence-electron chi connectivity index (χ2n) is 2.71. The van der Waals surface area contributed by atoms with E-state index in [1.165, 1.54) is 6.92 Å². The van der Waals surface area contributed by atoms with Gasteiger partial charge in [-0.05, 0) is 12.5 Å². The van der Waals surface area contributed by atoms with Crippen LogP contribution in [0.3, 0.4) is 0 Å². The monoisotopic (exact) mass is 193 g/mol. The zero-order chi connectivity index (χ0) is 11.0. The molecule has 0 atom stereocenters. The number of hydrogen-bond acceptors (Lipinski definition) is 2. The minimum atomic E-state index is -0.571. The Morgan fingerprint density at radius 3 is 2.50 bits per heavy atom. The third-order valence-electron chi connectivity index (χ3n) is 1.54. The summed E-state index contributed by atoms with van der Waals surface area (Å²) < 4.78 is 0. The topological polar surface area (TPSA) is 46.2 Å². The molecule has 0 aromatic carbocycles. The number of rotatable bonds is 5. The highest BCUT2D eigenvalue weighted by Crippen LogP contribution is 1.94. The molecule has 0 aliphatic rings. The summed E-state index contributed by atoms with van der Waals surface area (Å²) in [5, 5.41) is 2.48. The molecule has 0 radical (unpaired) electrons. The van der Waals surface area contributed by atoms with E-state index in [4.69, 9.17) is 0 Å². The van der Waals surface area contributed by atoms with Crippen LogP contribution in [-0.4, -0.2) is 18.2 Å². The summed E-state index contributed by atoms with van der Waals surface area (Å²) in [6, 6.07) is 0. The Bertz CT molecular complexity index is 288. The van der Waals surface area contributed by atoms with Gasteiger partial charge >= 0.3 is 0 Å². The van der Waals surface area contributed by atoms with Crippen molar-refractivity contribution in [1.82, 2.24) is 5.32 Å². The number of hydrogen-bond donors (Lipinski definition) is 1. The molecule has 0 aliphatic carbocycles. The van der Waals surface area contributed by atoms with Gasteiger partial charge in [-0.15, -0.1) is 0 Å². The van der Waals surface area contributed by atoms with Crippen LogP contribution >= 0.6 is 0 Å². The van der Waals surface area contributed by atoms with Crippen molar-refractivity contribution in [2.75, 3.05) is 6.54 Å². The minimum Gasteiger partial charge on any atom is -0.345 e. The van der Waals surface area contributed by atoms with Gasteiger partial charge in [-0.1, -0.05) is 30.9 Å². The number of allylic oxidation sites excluding steroid dienone is 3. The van der Waals surface area contributed by atoms with Crippen LogP contribution in [0.2, 0.25) is 0 Å². The molecular weight excluding hydrogens is 178 g/mol. The lowest BCUT2D eigenvalue weighted by molar-refractivity contribution is -0.136. The molecule has 3 nitrogen and oxygen atoms in total. The molecule has 14 heavy (non-hydrogen) atoms. The van der Waals surface area contributed by atoms with Crippen molar-refractivity contribution in [2.24, 2.45) is 0 Å². The quantitative estimate of drug-likeness (QED) is 0.529. The number of Topliss-reactive ketones (excluding diaryl/α,β-unsaturated/α-hetero) is 1. The maximum absolute atomic E-state index is 10.9. The fraction of sp³-hybridized carbons (Fsp3) is 0.273. The van der Waals surface area contributed by atoms with Crippen molar-refractivity contribution in [1.29, 1.82) is 0 Å². The van der Waals surface area contributed by atoms with E-state index in [-0.39, 0.29) is 0 Å². The minimum absolute atomic E-state index is 0.326. The third kappa shape index (κ3) is 5.09. The lowest BCUT2D eigenvalue weighted by Gasteiger charge is -2.02. The molecule has 0 fully saturated rings. The van der Waals surface area contributed by atoms with Crippen LogP contribution < -0.4 is 5.32 Å². The zero-order valence-electron chi connectivity index (χ0n) is 8.54. The molecule has 0 unspecified atom stereocenters. The van der Waals surface area contributed by atoms with E-state index in [1.54, 1.807) is 6.08 Å². The summed E-state index contributed by atoms with van der Waals surface area (Å²) in [7, 11) is 0. The maximum atomic E-state index is 10.9. The van der Waals surface area contributed by atoms with Crippen molar-refractivity contribution >= 4 is 11.7 Å². The van der Waals surface area contributed by atoms with Crippen molar-refractivity contribution in [3.63, 3.8) is 0 Å². The second kappa shape index (κ2) is 6.83. The van der Waals surface area contributed by atoms with E-state index < -0.39 is 11.7 Å². The largest absolute Gasteiger partial charge is 0.345 e. The molecule has 1 amide bonds. The van der Waals surface area contributed by atoms with Gasteiger partial charge in [0.25, 0.3) is 5.91 Å². The summed E-state index contributed by atoms with van der Waals surface area (Å²) in [5.41, 5.74) is 0.859. The summed E-state index contributed by atoms with van der Waals surface area (Å²) in [6.07, 6.45) is 7.18. The van der Waals surface area contributed by atoms with Crippen LogP contribution in [0, 0.1) is 0 Å². The van der Waals surface area contributed by atoms with Crippen molar-refractivity contribution in [2.45, 2.75) is 13.8 Å². The van der Waals surface area contributed by atoms with E-state index in [1.807, 2.05) is 25.2 Å². The molecule has 0 aromatic heterocycles. The molecule has 0 heterocycles. The molecule has 0 saturated heterocycles. The number of carbonyl (C=O) groups excluding carboxylic acids is 2. The van der Waals surface area contributed by atoms with E-state index in [0.29, 0.717) is 6.54 Å². The van der Waals surface area contributed by atoms with Crippen molar-refractivity contribution in [3.8, 4) is 0 Å². The Morgan fingerprint density at radius 2 is 2.07 bits per heavy atom. The van der Waals surface area contributed by atoms with Gasteiger partial charge in [0.15, 0.2) is 0 Å². The van der Waals surface area contributed by atoms with Gasteiger partial charge in [0.1, 0.15) is 0 Å². The fourth-order valence-corrected chi connectivity index (χ4v) is 0.726.